The lowest BCUT2D eigenvalue weighted by Crippen LogP contribution is -2.28. The number of nitrogens with zero attached hydrogens (tertiary/aromatic N) is 5. The van der Waals surface area contributed by atoms with Gasteiger partial charge in [-0.1, -0.05) is 37.6 Å². The lowest BCUT2D eigenvalue weighted by atomic mass is 10.0. The lowest BCUT2D eigenvalue weighted by Gasteiger charge is -2.19. The van der Waals surface area contributed by atoms with Crippen molar-refractivity contribution in [2.75, 3.05) is 25.0 Å². The Morgan fingerprint density at radius 2 is 1.89 bits per heavy atom. The predicted molar refractivity (Wildman–Crippen MR) is 136 cm³/mol. The first kappa shape index (κ1) is 25.8. The van der Waals surface area contributed by atoms with Gasteiger partial charge in [0, 0.05) is 6.54 Å². The van der Waals surface area contributed by atoms with Crippen LogP contribution in [0.15, 0.2) is 30.5 Å². The number of amides is 1. The van der Waals surface area contributed by atoms with Crippen molar-refractivity contribution in [2.24, 2.45) is 0 Å². The minimum atomic E-state index is -0.962. The Hall–Kier alpha value is -3.24. The van der Waals surface area contributed by atoms with Gasteiger partial charge in [-0.05, 0) is 64.3 Å². The summed E-state index contributed by atoms with van der Waals surface area (Å²) in [6.45, 7) is 11.0. The highest BCUT2D eigenvalue weighted by molar-refractivity contribution is 5.83. The maximum atomic E-state index is 12.4. The van der Waals surface area contributed by atoms with Gasteiger partial charge in [0.2, 0.25) is 5.95 Å². The topological polar surface area (TPSA) is 114 Å². The van der Waals surface area contributed by atoms with Crippen molar-refractivity contribution in [2.45, 2.75) is 71.6 Å². The molecule has 0 aliphatic carbocycles. The molecule has 194 valence electrons. The summed E-state index contributed by atoms with van der Waals surface area (Å²) in [5.41, 5.74) is 2.09. The van der Waals surface area contributed by atoms with E-state index >= 15 is 0 Å². The maximum Gasteiger partial charge on any atom is 0.414 e. The van der Waals surface area contributed by atoms with Crippen LogP contribution in [0.2, 0.25) is 0 Å². The number of rotatable bonds is 9. The van der Waals surface area contributed by atoms with E-state index in [-0.39, 0.29) is 12.0 Å². The number of aromatic nitrogens is 4. The highest BCUT2D eigenvalue weighted by Gasteiger charge is 2.23. The molecule has 1 atom stereocenters. The van der Waals surface area contributed by atoms with E-state index in [4.69, 9.17) is 9.47 Å². The fraction of sp³-hybridized carbons (Fsp3) is 0.538. The Labute approximate surface area is 211 Å². The Kier molecular flexibility index (Phi) is 8.05. The van der Waals surface area contributed by atoms with E-state index in [1.807, 2.05) is 24.3 Å². The van der Waals surface area contributed by atoms with Crippen molar-refractivity contribution < 1.29 is 19.4 Å². The molecule has 4 rings (SSSR count). The smallest absolute Gasteiger partial charge is 0.414 e. The predicted octanol–water partition coefficient (Wildman–Crippen LogP) is 4.33. The minimum Gasteiger partial charge on any atom is -0.463 e. The van der Waals surface area contributed by atoms with Crippen LogP contribution in [0.1, 0.15) is 76.2 Å². The molecule has 10 nitrogen and oxygen atoms in total. The first-order valence-electron chi connectivity index (χ1n) is 12.6. The number of carbonyl (C=O) groups is 1. The number of ether oxygens (including phenoxy) is 2. The third-order valence-electron chi connectivity index (χ3n) is 5.91. The molecule has 1 aromatic carbocycles. The summed E-state index contributed by atoms with van der Waals surface area (Å²) in [5, 5.41) is 18.2. The number of benzene rings is 1. The molecule has 1 saturated heterocycles. The Morgan fingerprint density at radius 1 is 1.17 bits per heavy atom. The second-order valence-corrected chi connectivity index (χ2v) is 10.1. The highest BCUT2D eigenvalue weighted by atomic mass is 16.6. The molecule has 0 radical (unpaired) electrons. The fourth-order valence-corrected chi connectivity index (χ4v) is 4.10. The molecule has 3 heterocycles. The number of unbranched alkanes of at least 4 members (excludes halogenated alkanes) is 1. The summed E-state index contributed by atoms with van der Waals surface area (Å²) in [7, 11) is 0. The molecule has 3 aromatic rings. The van der Waals surface area contributed by atoms with Crippen LogP contribution in [-0.2, 0) is 11.3 Å². The van der Waals surface area contributed by atoms with E-state index in [9.17, 15) is 9.90 Å². The van der Waals surface area contributed by atoms with Gasteiger partial charge in [-0.3, -0.25) is 10.2 Å². The van der Waals surface area contributed by atoms with Crippen molar-refractivity contribution in [3.8, 4) is 6.01 Å². The van der Waals surface area contributed by atoms with E-state index in [2.05, 4.69) is 32.2 Å². The fourth-order valence-electron chi connectivity index (χ4n) is 4.10. The number of fused-ring (bicyclic) bond motifs is 1. The van der Waals surface area contributed by atoms with Crippen LogP contribution in [0.4, 0.5) is 10.7 Å². The van der Waals surface area contributed by atoms with Crippen LogP contribution in [0.3, 0.4) is 0 Å². The minimum absolute atomic E-state index is 0.0944. The maximum absolute atomic E-state index is 12.4. The molecule has 1 unspecified atom stereocenters. The van der Waals surface area contributed by atoms with Crippen LogP contribution in [0, 0.1) is 0 Å². The third-order valence-corrected chi connectivity index (χ3v) is 5.91. The van der Waals surface area contributed by atoms with Crippen LogP contribution >= 0.6 is 0 Å². The molecule has 0 spiro atoms. The Balaban J connectivity index is 1.60. The second-order valence-electron chi connectivity index (χ2n) is 10.1. The van der Waals surface area contributed by atoms with Gasteiger partial charge in [-0.15, -0.1) is 0 Å². The number of hydrogen-bond acceptors (Lipinski definition) is 8. The first-order valence-corrected chi connectivity index (χ1v) is 12.6. The average Bonchev–Trinajstić information content (AvgIpc) is 3.48. The summed E-state index contributed by atoms with van der Waals surface area (Å²) in [6, 6.07) is 8.05. The number of carbonyl (C=O) groups excluding carboxylic acids is 1. The molecule has 2 aromatic heterocycles. The Morgan fingerprint density at radius 3 is 2.56 bits per heavy atom. The van der Waals surface area contributed by atoms with Gasteiger partial charge >= 0.3 is 12.1 Å². The van der Waals surface area contributed by atoms with Crippen LogP contribution in [0.5, 0.6) is 6.01 Å². The van der Waals surface area contributed by atoms with E-state index < -0.39 is 17.8 Å². The molecule has 1 amide bonds. The zero-order chi connectivity index (χ0) is 25.7. The number of anilines is 1. The number of aliphatic hydroxyl groups is 1. The van der Waals surface area contributed by atoms with Crippen LogP contribution in [-0.4, -0.2) is 61.0 Å². The molecular formula is C26H36N6O4. The van der Waals surface area contributed by atoms with Gasteiger partial charge < -0.3 is 14.6 Å². The average molecular weight is 497 g/mol. The summed E-state index contributed by atoms with van der Waals surface area (Å²) in [6.07, 6.45) is 4.19. The number of hydrogen-bond donors (Lipinski definition) is 2. The van der Waals surface area contributed by atoms with E-state index in [0.717, 1.165) is 38.0 Å². The van der Waals surface area contributed by atoms with Crippen molar-refractivity contribution in [3.63, 3.8) is 0 Å². The van der Waals surface area contributed by atoms with Crippen LogP contribution < -0.4 is 10.1 Å². The largest absolute Gasteiger partial charge is 0.463 e. The second kappa shape index (κ2) is 11.2. The van der Waals surface area contributed by atoms with Gasteiger partial charge in [-0.2, -0.15) is 19.6 Å². The van der Waals surface area contributed by atoms with Gasteiger partial charge in [0.1, 0.15) is 11.7 Å². The molecule has 1 aliphatic heterocycles. The molecule has 36 heavy (non-hydrogen) atoms. The van der Waals surface area contributed by atoms with Gasteiger partial charge in [-0.25, -0.2) is 4.79 Å². The van der Waals surface area contributed by atoms with Gasteiger partial charge in [0.05, 0.1) is 18.4 Å². The van der Waals surface area contributed by atoms with E-state index in [0.29, 0.717) is 17.8 Å². The van der Waals surface area contributed by atoms with Gasteiger partial charge in [0.15, 0.2) is 5.65 Å². The van der Waals surface area contributed by atoms with Crippen molar-refractivity contribution in [1.29, 1.82) is 0 Å². The summed E-state index contributed by atoms with van der Waals surface area (Å²) >= 11 is 0. The summed E-state index contributed by atoms with van der Waals surface area (Å²) < 4.78 is 12.5. The molecule has 1 aliphatic rings. The van der Waals surface area contributed by atoms with E-state index in [1.54, 1.807) is 20.8 Å². The lowest BCUT2D eigenvalue weighted by molar-refractivity contribution is 0.0634. The number of likely N-dealkylation sites (tertiary alicyclic amines) is 1. The highest BCUT2D eigenvalue weighted by Crippen LogP contribution is 2.28. The van der Waals surface area contributed by atoms with Crippen LogP contribution in [0.25, 0.3) is 5.65 Å². The molecule has 10 heteroatoms. The zero-order valence-corrected chi connectivity index (χ0v) is 21.5. The Bertz CT molecular complexity index is 1170. The monoisotopic (exact) mass is 496 g/mol. The molecule has 0 saturated carbocycles. The molecular weight excluding hydrogens is 460 g/mol. The van der Waals surface area contributed by atoms with Crippen molar-refractivity contribution >= 4 is 17.7 Å². The number of nitrogens with one attached hydrogen (secondary N) is 1. The van der Waals surface area contributed by atoms with E-state index in [1.165, 1.54) is 29.1 Å². The molecule has 1 fully saturated rings. The molecule has 0 bridgehead atoms. The normalized spacial score (nSPS) is 15.2. The first-order chi connectivity index (χ1) is 17.2. The third kappa shape index (κ3) is 6.50. The van der Waals surface area contributed by atoms with Gasteiger partial charge in [0.25, 0.3) is 0 Å². The SMILES string of the molecule is CCCCOc1nc(NC(=O)OC(C)(C)C)n2ncc(C(O)c3ccc(CN4CCCC4)cc3)c2n1. The number of aliphatic hydroxyl groups excluding tert-OH is 1. The van der Waals surface area contributed by atoms with Crippen molar-refractivity contribution in [3.05, 3.63) is 47.2 Å². The molecule has 2 N–H and O–H groups in total. The standard InChI is InChI=1S/C26H36N6O4/c1-5-6-15-35-24-28-22-20(16-27-32(22)23(29-24)30-25(34)36-26(2,3)4)21(33)19-11-9-18(10-12-19)17-31-13-7-8-14-31/h9-12,16,21,33H,5-8,13-15,17H2,1-4H3,(H,28,29,30,34). The summed E-state index contributed by atoms with van der Waals surface area (Å²) in [5.74, 6) is 0.0974. The van der Waals surface area contributed by atoms with Crippen molar-refractivity contribution in [1.82, 2.24) is 24.5 Å². The zero-order valence-electron chi connectivity index (χ0n) is 21.5. The quantitative estimate of drug-likeness (QED) is 0.421. The summed E-state index contributed by atoms with van der Waals surface area (Å²) in [4.78, 5) is 23.7.